The number of carbonyl (C=O) groups excluding carboxylic acids is 1. The van der Waals surface area contributed by atoms with Crippen LogP contribution in [0.15, 0.2) is 60.7 Å². The average molecular weight is 461 g/mol. The van der Waals surface area contributed by atoms with Gasteiger partial charge in [0.25, 0.3) is 5.91 Å². The molecule has 2 N–H and O–H groups in total. The molecule has 4 rings (SSSR count). The molecule has 2 aromatic carbocycles. The number of hydrogen-bond donors (Lipinski definition) is 2. The third-order valence-corrected chi connectivity index (χ3v) is 6.56. The highest BCUT2D eigenvalue weighted by atomic mass is 32.1. The van der Waals surface area contributed by atoms with Crippen molar-refractivity contribution in [1.29, 1.82) is 0 Å². The Hall–Kier alpha value is -3.58. The van der Waals surface area contributed by atoms with Crippen LogP contribution in [0.5, 0.6) is 0 Å². The lowest BCUT2D eigenvalue weighted by atomic mass is 9.96. The van der Waals surface area contributed by atoms with E-state index in [1.165, 1.54) is 23.5 Å². The molecule has 5 nitrogen and oxygen atoms in total. The lowest BCUT2D eigenvalue weighted by Crippen LogP contribution is -2.19. The van der Waals surface area contributed by atoms with Gasteiger partial charge in [0, 0.05) is 27.4 Å². The number of hydrogen-bond acceptors (Lipinski definition) is 5. The molecular weight excluding hydrogens is 435 g/mol. The first-order valence-electron chi connectivity index (χ1n) is 10.6. The maximum atomic E-state index is 14.2. The van der Waals surface area contributed by atoms with Gasteiger partial charge in [0.15, 0.2) is 0 Å². The molecule has 2 heterocycles. The quantitative estimate of drug-likeness (QED) is 0.351. The number of benzene rings is 2. The zero-order chi connectivity index (χ0) is 23.5. The molecule has 0 saturated carbocycles. The summed E-state index contributed by atoms with van der Waals surface area (Å²) in [4.78, 5) is 23.0. The second kappa shape index (κ2) is 9.50. The normalized spacial score (nSPS) is 11.8. The molecule has 0 aliphatic rings. The number of amides is 1. The SMILES string of the molecule is Cc1cc(C)nc(N[C@H](c2cccc(F)c2)c2c(NC(=O)c3ccccc3)sc(C)c2C)n1. The van der Waals surface area contributed by atoms with Crippen molar-refractivity contribution in [3.8, 4) is 0 Å². The fourth-order valence-electron chi connectivity index (χ4n) is 3.78. The van der Waals surface area contributed by atoms with Gasteiger partial charge in [-0.2, -0.15) is 0 Å². The van der Waals surface area contributed by atoms with E-state index >= 15 is 0 Å². The fourth-order valence-corrected chi connectivity index (χ4v) is 4.87. The number of carbonyl (C=O) groups is 1. The van der Waals surface area contributed by atoms with Crippen molar-refractivity contribution in [2.24, 2.45) is 0 Å². The Bertz CT molecular complexity index is 1280. The van der Waals surface area contributed by atoms with Crippen molar-refractivity contribution in [3.05, 3.63) is 105 Å². The Morgan fingerprint density at radius 2 is 1.64 bits per heavy atom. The molecule has 0 aliphatic carbocycles. The Morgan fingerprint density at radius 1 is 0.939 bits per heavy atom. The first-order chi connectivity index (χ1) is 15.8. The molecule has 0 unspecified atom stereocenters. The van der Waals surface area contributed by atoms with Crippen LogP contribution in [-0.2, 0) is 0 Å². The Morgan fingerprint density at radius 3 is 2.30 bits per heavy atom. The van der Waals surface area contributed by atoms with Gasteiger partial charge >= 0.3 is 0 Å². The molecule has 0 radical (unpaired) electrons. The molecule has 4 aromatic rings. The summed E-state index contributed by atoms with van der Waals surface area (Å²) in [6, 6.07) is 17.0. The van der Waals surface area contributed by atoms with Gasteiger partial charge in [-0.15, -0.1) is 11.3 Å². The highest BCUT2D eigenvalue weighted by Crippen LogP contribution is 2.41. The first kappa shape index (κ1) is 22.6. The highest BCUT2D eigenvalue weighted by molar-refractivity contribution is 7.16. The molecule has 7 heteroatoms. The van der Waals surface area contributed by atoms with E-state index in [9.17, 15) is 9.18 Å². The standard InChI is InChI=1S/C26H25FN4OS/c1-15-13-16(2)29-26(28-15)30-23(20-11-8-12-21(27)14-20)22-17(3)18(4)33-25(22)31-24(32)19-9-6-5-7-10-19/h5-14,23H,1-4H3,(H,31,32)(H,28,29,30)/t23-/m1/s1. The minimum Gasteiger partial charge on any atom is -0.343 e. The Kier molecular flexibility index (Phi) is 6.51. The van der Waals surface area contributed by atoms with Crippen LogP contribution in [0.1, 0.15) is 49.4 Å². The van der Waals surface area contributed by atoms with Crippen molar-refractivity contribution in [2.75, 3.05) is 10.6 Å². The van der Waals surface area contributed by atoms with E-state index in [-0.39, 0.29) is 11.7 Å². The molecule has 0 fully saturated rings. The van der Waals surface area contributed by atoms with Crippen molar-refractivity contribution in [3.63, 3.8) is 0 Å². The summed E-state index contributed by atoms with van der Waals surface area (Å²) in [5.41, 5.74) is 4.84. The van der Waals surface area contributed by atoms with Crippen LogP contribution in [0.25, 0.3) is 0 Å². The van der Waals surface area contributed by atoms with Gasteiger partial charge in [-0.3, -0.25) is 4.79 Å². The van der Waals surface area contributed by atoms with E-state index in [1.807, 2.05) is 58.0 Å². The van der Waals surface area contributed by atoms with Crippen molar-refractivity contribution in [1.82, 2.24) is 9.97 Å². The van der Waals surface area contributed by atoms with Crippen LogP contribution in [0.3, 0.4) is 0 Å². The van der Waals surface area contributed by atoms with Crippen LogP contribution in [-0.4, -0.2) is 15.9 Å². The van der Waals surface area contributed by atoms with Crippen LogP contribution in [0, 0.1) is 33.5 Å². The fraction of sp³-hybridized carbons (Fsp3) is 0.192. The lowest BCUT2D eigenvalue weighted by molar-refractivity contribution is 0.102. The number of thiophene rings is 1. The Labute approximate surface area is 196 Å². The monoisotopic (exact) mass is 460 g/mol. The summed E-state index contributed by atoms with van der Waals surface area (Å²) < 4.78 is 14.2. The van der Waals surface area contributed by atoms with Gasteiger partial charge in [-0.25, -0.2) is 14.4 Å². The van der Waals surface area contributed by atoms with Crippen LogP contribution >= 0.6 is 11.3 Å². The zero-order valence-electron chi connectivity index (χ0n) is 18.9. The number of aromatic nitrogens is 2. The molecule has 1 amide bonds. The van der Waals surface area contributed by atoms with Gasteiger partial charge in [-0.05, 0) is 69.2 Å². The minimum atomic E-state index is -0.460. The van der Waals surface area contributed by atoms with E-state index in [1.54, 1.807) is 18.2 Å². The second-order valence-corrected chi connectivity index (χ2v) is 9.18. The largest absolute Gasteiger partial charge is 0.343 e. The van der Waals surface area contributed by atoms with E-state index in [0.29, 0.717) is 22.1 Å². The summed E-state index contributed by atoms with van der Waals surface area (Å²) in [5, 5.41) is 7.17. The maximum Gasteiger partial charge on any atom is 0.256 e. The van der Waals surface area contributed by atoms with Crippen LogP contribution < -0.4 is 10.6 Å². The molecule has 1 atom stereocenters. The van der Waals surface area contributed by atoms with Gasteiger partial charge in [0.05, 0.1) is 6.04 Å². The smallest absolute Gasteiger partial charge is 0.256 e. The second-order valence-electron chi connectivity index (χ2n) is 7.95. The molecule has 33 heavy (non-hydrogen) atoms. The molecule has 2 aromatic heterocycles. The van der Waals surface area contributed by atoms with E-state index in [0.717, 1.165) is 27.4 Å². The summed E-state index contributed by atoms with van der Waals surface area (Å²) >= 11 is 1.50. The summed E-state index contributed by atoms with van der Waals surface area (Å²) in [6.45, 7) is 7.83. The topological polar surface area (TPSA) is 66.9 Å². The van der Waals surface area contributed by atoms with Gasteiger partial charge in [-0.1, -0.05) is 30.3 Å². The summed E-state index contributed by atoms with van der Waals surface area (Å²) in [6.07, 6.45) is 0. The first-order valence-corrected chi connectivity index (χ1v) is 11.4. The van der Waals surface area contributed by atoms with Crippen LogP contribution in [0.2, 0.25) is 0 Å². The van der Waals surface area contributed by atoms with Gasteiger partial charge < -0.3 is 10.6 Å². The maximum absolute atomic E-state index is 14.2. The van der Waals surface area contributed by atoms with E-state index in [2.05, 4.69) is 20.6 Å². The summed E-state index contributed by atoms with van der Waals surface area (Å²) in [5.74, 6) is -0.0794. The number of anilines is 2. The molecule has 0 spiro atoms. The van der Waals surface area contributed by atoms with E-state index < -0.39 is 6.04 Å². The van der Waals surface area contributed by atoms with Crippen molar-refractivity contribution >= 4 is 28.2 Å². The molecule has 0 bridgehead atoms. The number of nitrogens with one attached hydrogen (secondary N) is 2. The Balaban J connectivity index is 1.80. The third kappa shape index (κ3) is 5.09. The minimum absolute atomic E-state index is 0.196. The number of rotatable bonds is 6. The predicted octanol–water partition coefficient (Wildman–Crippen LogP) is 6.36. The van der Waals surface area contributed by atoms with Gasteiger partial charge in [0.1, 0.15) is 10.8 Å². The highest BCUT2D eigenvalue weighted by Gasteiger charge is 2.26. The third-order valence-electron chi connectivity index (χ3n) is 5.42. The average Bonchev–Trinajstić information content (AvgIpc) is 3.05. The molecule has 0 saturated heterocycles. The molecule has 168 valence electrons. The van der Waals surface area contributed by atoms with Crippen molar-refractivity contribution < 1.29 is 9.18 Å². The molecule has 0 aliphatic heterocycles. The number of aryl methyl sites for hydroxylation is 3. The van der Waals surface area contributed by atoms with Gasteiger partial charge in [0.2, 0.25) is 5.95 Å². The molecular formula is C26H25FN4OS. The lowest BCUT2D eigenvalue weighted by Gasteiger charge is -2.22. The zero-order valence-corrected chi connectivity index (χ0v) is 19.8. The van der Waals surface area contributed by atoms with E-state index in [4.69, 9.17) is 0 Å². The predicted molar refractivity (Wildman–Crippen MR) is 132 cm³/mol. The number of nitrogens with zero attached hydrogens (tertiary/aromatic N) is 2. The summed E-state index contributed by atoms with van der Waals surface area (Å²) in [7, 11) is 0. The number of halogens is 1. The van der Waals surface area contributed by atoms with Crippen LogP contribution in [0.4, 0.5) is 15.3 Å². The van der Waals surface area contributed by atoms with Crippen molar-refractivity contribution in [2.45, 2.75) is 33.7 Å².